The highest BCUT2D eigenvalue weighted by atomic mass is 19.1. The van der Waals surface area contributed by atoms with Crippen LogP contribution >= 0.6 is 0 Å². The number of fused-ring (bicyclic) bond motifs is 1. The van der Waals surface area contributed by atoms with Gasteiger partial charge in [-0.25, -0.2) is 14.0 Å². The molecule has 0 radical (unpaired) electrons. The highest BCUT2D eigenvalue weighted by Crippen LogP contribution is 2.33. The lowest BCUT2D eigenvalue weighted by atomic mass is 10.1. The summed E-state index contributed by atoms with van der Waals surface area (Å²) < 4.78 is 19.4. The molecule has 0 atom stereocenters. The second kappa shape index (κ2) is 7.10. The molecule has 0 amide bonds. The molecular formula is C15H17FN2O5. The summed E-state index contributed by atoms with van der Waals surface area (Å²) in [6.45, 7) is 5.45. The number of nitrogens with zero attached hydrogens (tertiary/aromatic N) is 1. The van der Waals surface area contributed by atoms with E-state index in [1.165, 1.54) is 0 Å². The molecule has 1 fully saturated rings. The molecule has 1 saturated heterocycles. The first-order chi connectivity index (χ1) is 10.9. The Morgan fingerprint density at radius 1 is 1.26 bits per heavy atom. The summed E-state index contributed by atoms with van der Waals surface area (Å²) in [5.41, 5.74) is 2.38. The quantitative estimate of drug-likeness (QED) is 0.682. The van der Waals surface area contributed by atoms with Crippen LogP contribution in [0.2, 0.25) is 0 Å². The van der Waals surface area contributed by atoms with Gasteiger partial charge in [0.15, 0.2) is 5.58 Å². The fraction of sp³-hybridized carbons (Fsp3) is 0.333. The number of halogens is 1. The Balaban J connectivity index is 0.000000277. The van der Waals surface area contributed by atoms with E-state index < -0.39 is 11.9 Å². The van der Waals surface area contributed by atoms with E-state index in [0.717, 1.165) is 42.8 Å². The van der Waals surface area contributed by atoms with Gasteiger partial charge in [-0.3, -0.25) is 0 Å². The van der Waals surface area contributed by atoms with E-state index in [4.69, 9.17) is 24.2 Å². The van der Waals surface area contributed by atoms with Gasteiger partial charge in [0.2, 0.25) is 0 Å². The molecule has 8 heteroatoms. The van der Waals surface area contributed by atoms with Crippen molar-refractivity contribution in [1.29, 1.82) is 0 Å². The Kier molecular flexibility index (Phi) is 5.17. The number of carboxylic acids is 2. The summed E-state index contributed by atoms with van der Waals surface area (Å²) in [5.74, 6) is -3.81. The van der Waals surface area contributed by atoms with Crippen molar-refractivity contribution in [2.75, 3.05) is 31.1 Å². The number of aliphatic carboxylic acids is 2. The Morgan fingerprint density at radius 3 is 2.43 bits per heavy atom. The maximum Gasteiger partial charge on any atom is 0.414 e. The lowest BCUT2D eigenvalue weighted by molar-refractivity contribution is -0.159. The number of furan rings is 1. The van der Waals surface area contributed by atoms with Crippen molar-refractivity contribution in [2.24, 2.45) is 0 Å². The summed E-state index contributed by atoms with van der Waals surface area (Å²) >= 11 is 0. The molecule has 0 bridgehead atoms. The molecule has 3 rings (SSSR count). The summed E-state index contributed by atoms with van der Waals surface area (Å²) in [4.78, 5) is 20.4. The Hall–Kier alpha value is -2.61. The van der Waals surface area contributed by atoms with Crippen LogP contribution in [-0.2, 0) is 9.59 Å². The first kappa shape index (κ1) is 16.8. The first-order valence-electron chi connectivity index (χ1n) is 7.00. The largest absolute Gasteiger partial charge is 0.473 e. The molecule has 7 nitrogen and oxygen atoms in total. The number of anilines is 1. The van der Waals surface area contributed by atoms with Crippen molar-refractivity contribution >= 4 is 28.6 Å². The predicted octanol–water partition coefficient (Wildman–Crippen LogP) is 1.45. The van der Waals surface area contributed by atoms with Crippen molar-refractivity contribution in [1.82, 2.24) is 5.32 Å². The highest BCUT2D eigenvalue weighted by molar-refractivity contribution is 6.27. The van der Waals surface area contributed by atoms with E-state index >= 15 is 0 Å². The van der Waals surface area contributed by atoms with E-state index in [9.17, 15) is 4.39 Å². The summed E-state index contributed by atoms with van der Waals surface area (Å²) in [6, 6.07) is 3.35. The van der Waals surface area contributed by atoms with Crippen LogP contribution in [0.1, 0.15) is 5.56 Å². The molecule has 1 aromatic heterocycles. The maximum absolute atomic E-state index is 13.9. The molecule has 2 aromatic rings. The third-order valence-corrected chi connectivity index (χ3v) is 3.52. The minimum atomic E-state index is -1.82. The van der Waals surface area contributed by atoms with Gasteiger partial charge in [0.25, 0.3) is 0 Å². The molecule has 1 aromatic carbocycles. The number of rotatable bonds is 1. The number of benzene rings is 1. The molecule has 2 heterocycles. The van der Waals surface area contributed by atoms with E-state index in [1.54, 1.807) is 12.3 Å². The van der Waals surface area contributed by atoms with Gasteiger partial charge in [-0.2, -0.15) is 0 Å². The number of carboxylic acid groups (broad SMARTS) is 2. The van der Waals surface area contributed by atoms with Gasteiger partial charge in [0.05, 0.1) is 12.0 Å². The topological polar surface area (TPSA) is 103 Å². The van der Waals surface area contributed by atoms with E-state index in [1.807, 2.05) is 13.0 Å². The van der Waals surface area contributed by atoms with E-state index in [2.05, 4.69) is 10.2 Å². The molecule has 0 saturated carbocycles. The number of piperazine rings is 1. The van der Waals surface area contributed by atoms with Crippen LogP contribution in [0.5, 0.6) is 0 Å². The van der Waals surface area contributed by atoms with Crippen LogP contribution in [0.4, 0.5) is 10.1 Å². The van der Waals surface area contributed by atoms with Gasteiger partial charge in [0, 0.05) is 37.1 Å². The number of carbonyl (C=O) groups is 2. The Labute approximate surface area is 131 Å². The number of hydrogen-bond acceptors (Lipinski definition) is 5. The zero-order valence-electron chi connectivity index (χ0n) is 12.5. The van der Waals surface area contributed by atoms with Gasteiger partial charge >= 0.3 is 11.9 Å². The molecule has 0 aliphatic carbocycles. The molecular weight excluding hydrogens is 307 g/mol. The lowest BCUT2D eigenvalue weighted by Gasteiger charge is -2.30. The lowest BCUT2D eigenvalue weighted by Crippen LogP contribution is -2.43. The third-order valence-electron chi connectivity index (χ3n) is 3.52. The van der Waals surface area contributed by atoms with Crippen molar-refractivity contribution in [3.8, 4) is 0 Å². The Bertz CT molecular complexity index is 710. The van der Waals surface area contributed by atoms with Gasteiger partial charge < -0.3 is 24.8 Å². The van der Waals surface area contributed by atoms with Crippen LogP contribution in [0.3, 0.4) is 0 Å². The minimum Gasteiger partial charge on any atom is -0.473 e. The van der Waals surface area contributed by atoms with Gasteiger partial charge in [-0.05, 0) is 19.1 Å². The SMILES string of the molecule is Cc1c(F)cc2ccoc2c1N1CCNCC1.O=C(O)C(=O)O. The molecule has 0 unspecified atom stereocenters. The zero-order chi connectivity index (χ0) is 17.0. The molecule has 0 spiro atoms. The van der Waals surface area contributed by atoms with Crippen LogP contribution in [0.15, 0.2) is 22.8 Å². The highest BCUT2D eigenvalue weighted by Gasteiger charge is 2.20. The maximum atomic E-state index is 13.9. The van der Waals surface area contributed by atoms with Crippen LogP contribution < -0.4 is 10.2 Å². The fourth-order valence-corrected chi connectivity index (χ4v) is 2.42. The van der Waals surface area contributed by atoms with Crippen LogP contribution in [0, 0.1) is 12.7 Å². The smallest absolute Gasteiger partial charge is 0.414 e. The van der Waals surface area contributed by atoms with E-state index in [-0.39, 0.29) is 5.82 Å². The minimum absolute atomic E-state index is 0.160. The average molecular weight is 324 g/mol. The third kappa shape index (κ3) is 3.78. The average Bonchev–Trinajstić information content (AvgIpc) is 2.97. The normalized spacial score (nSPS) is 14.3. The van der Waals surface area contributed by atoms with Gasteiger partial charge in [0.1, 0.15) is 5.82 Å². The zero-order valence-corrected chi connectivity index (χ0v) is 12.5. The Morgan fingerprint density at radius 2 is 1.87 bits per heavy atom. The molecule has 1 aliphatic rings. The van der Waals surface area contributed by atoms with Crippen LogP contribution in [0.25, 0.3) is 11.0 Å². The molecule has 124 valence electrons. The standard InChI is InChI=1S/C13H15FN2O.C2H2O4/c1-9-11(14)8-10-2-7-17-13(10)12(9)16-5-3-15-4-6-16;3-1(4)2(5)6/h2,7-8,15H,3-6H2,1H3;(H,3,4)(H,5,6). The molecule has 3 N–H and O–H groups in total. The number of nitrogens with one attached hydrogen (secondary N) is 1. The van der Waals surface area contributed by atoms with Crippen molar-refractivity contribution in [3.63, 3.8) is 0 Å². The number of hydrogen-bond donors (Lipinski definition) is 3. The van der Waals surface area contributed by atoms with Gasteiger partial charge in [-0.1, -0.05) is 0 Å². The summed E-state index contributed by atoms with van der Waals surface area (Å²) in [5, 5.41) is 18.9. The summed E-state index contributed by atoms with van der Waals surface area (Å²) in [7, 11) is 0. The second-order valence-electron chi connectivity index (χ2n) is 5.02. The second-order valence-corrected chi connectivity index (χ2v) is 5.02. The van der Waals surface area contributed by atoms with Crippen molar-refractivity contribution in [3.05, 3.63) is 29.8 Å². The molecule has 1 aliphatic heterocycles. The van der Waals surface area contributed by atoms with E-state index in [0.29, 0.717) is 5.56 Å². The predicted molar refractivity (Wildman–Crippen MR) is 81.3 cm³/mol. The molecule has 23 heavy (non-hydrogen) atoms. The van der Waals surface area contributed by atoms with Crippen molar-refractivity contribution in [2.45, 2.75) is 6.92 Å². The monoisotopic (exact) mass is 324 g/mol. The van der Waals surface area contributed by atoms with Crippen molar-refractivity contribution < 1.29 is 28.6 Å². The summed E-state index contributed by atoms with van der Waals surface area (Å²) in [6.07, 6.45) is 1.62. The fourth-order valence-electron chi connectivity index (χ4n) is 2.42. The van der Waals surface area contributed by atoms with Gasteiger partial charge in [-0.15, -0.1) is 0 Å². The van der Waals surface area contributed by atoms with Crippen LogP contribution in [-0.4, -0.2) is 48.3 Å². The first-order valence-corrected chi connectivity index (χ1v) is 7.00.